The summed E-state index contributed by atoms with van der Waals surface area (Å²) in [6.07, 6.45) is -1.04. The lowest BCUT2D eigenvalue weighted by Crippen LogP contribution is -2.38. The zero-order valence-corrected chi connectivity index (χ0v) is 5.13. The highest BCUT2D eigenvalue weighted by molar-refractivity contribution is 4.74. The van der Waals surface area contributed by atoms with Crippen LogP contribution in [0.3, 0.4) is 0 Å². The zero-order valence-electron chi connectivity index (χ0n) is 5.13. The van der Waals surface area contributed by atoms with Crippen molar-refractivity contribution >= 4 is 0 Å². The summed E-state index contributed by atoms with van der Waals surface area (Å²) in [4.78, 5) is 0. The third-order valence-electron chi connectivity index (χ3n) is 0.988. The summed E-state index contributed by atoms with van der Waals surface area (Å²) in [6, 6.07) is 0. The largest absolute Gasteiger partial charge is 0.394 e. The van der Waals surface area contributed by atoms with E-state index in [1.165, 1.54) is 13.8 Å². The maximum atomic E-state index is 8.88. The Kier molecular flexibility index (Phi) is 2.40. The summed E-state index contributed by atoms with van der Waals surface area (Å²) in [5.41, 5.74) is -1.19. The molecular formula is C5H12O3. The normalized spacial score (nSPS) is 16.1. The molecule has 0 spiro atoms. The van der Waals surface area contributed by atoms with E-state index in [-0.39, 0.29) is 0 Å². The second-order valence-corrected chi connectivity index (χ2v) is 2.35. The van der Waals surface area contributed by atoms with Crippen LogP contribution in [0.4, 0.5) is 0 Å². The highest BCUT2D eigenvalue weighted by Crippen LogP contribution is 2.05. The fourth-order valence-electron chi connectivity index (χ4n) is 0.223. The first-order chi connectivity index (χ1) is 3.48. The van der Waals surface area contributed by atoms with Crippen molar-refractivity contribution in [3.8, 4) is 0 Å². The lowest BCUT2D eigenvalue weighted by Gasteiger charge is -2.21. The van der Waals surface area contributed by atoms with Crippen LogP contribution in [-0.4, -0.2) is 33.6 Å². The van der Waals surface area contributed by atoms with E-state index in [9.17, 15) is 0 Å². The minimum atomic E-state index is -1.19. The van der Waals surface area contributed by atoms with Crippen molar-refractivity contribution in [2.75, 3.05) is 6.61 Å². The Hall–Kier alpha value is -0.120. The molecule has 0 bridgehead atoms. The van der Waals surface area contributed by atoms with Crippen molar-refractivity contribution in [1.29, 1.82) is 0 Å². The first-order valence-electron chi connectivity index (χ1n) is 2.49. The maximum absolute atomic E-state index is 8.88. The Morgan fingerprint density at radius 1 is 1.50 bits per heavy atom. The first kappa shape index (κ1) is 7.88. The number of rotatable bonds is 2. The Labute approximate surface area is 48.6 Å². The van der Waals surface area contributed by atoms with Gasteiger partial charge in [-0.1, -0.05) is 0 Å². The van der Waals surface area contributed by atoms with E-state index in [0.29, 0.717) is 0 Å². The van der Waals surface area contributed by atoms with Crippen molar-refractivity contribution < 1.29 is 15.3 Å². The Morgan fingerprint density at radius 3 is 1.88 bits per heavy atom. The molecule has 1 unspecified atom stereocenters. The predicted molar refractivity (Wildman–Crippen MR) is 29.4 cm³/mol. The van der Waals surface area contributed by atoms with Crippen LogP contribution in [0.25, 0.3) is 0 Å². The van der Waals surface area contributed by atoms with Gasteiger partial charge in [-0.05, 0) is 13.8 Å². The molecule has 0 aliphatic heterocycles. The second-order valence-electron chi connectivity index (χ2n) is 2.35. The third-order valence-corrected chi connectivity index (χ3v) is 0.988. The molecule has 0 aliphatic rings. The Morgan fingerprint density at radius 2 is 1.88 bits per heavy atom. The van der Waals surface area contributed by atoms with Gasteiger partial charge >= 0.3 is 0 Å². The molecule has 3 nitrogen and oxygen atoms in total. The topological polar surface area (TPSA) is 60.7 Å². The number of aliphatic hydroxyl groups excluding tert-OH is 2. The summed E-state index contributed by atoms with van der Waals surface area (Å²) in [6.45, 7) is 2.48. The maximum Gasteiger partial charge on any atom is 0.105 e. The quantitative estimate of drug-likeness (QED) is 0.443. The fourth-order valence-corrected chi connectivity index (χ4v) is 0.223. The minimum absolute atomic E-state index is 0.399. The molecule has 1 atom stereocenters. The molecule has 3 N–H and O–H groups in total. The average Bonchev–Trinajstić information content (AvgIpc) is 1.62. The van der Waals surface area contributed by atoms with E-state index in [1.807, 2.05) is 0 Å². The molecule has 0 amide bonds. The predicted octanol–water partition coefficient (Wildman–Crippen LogP) is -0.890. The molecule has 0 aliphatic carbocycles. The summed E-state index contributed by atoms with van der Waals surface area (Å²) < 4.78 is 0. The zero-order chi connectivity index (χ0) is 6.78. The second kappa shape index (κ2) is 2.44. The van der Waals surface area contributed by atoms with E-state index in [4.69, 9.17) is 15.3 Å². The summed E-state index contributed by atoms with van der Waals surface area (Å²) >= 11 is 0. The van der Waals surface area contributed by atoms with E-state index < -0.39 is 18.3 Å². The third kappa shape index (κ3) is 2.26. The molecular weight excluding hydrogens is 108 g/mol. The fraction of sp³-hybridized carbons (Fsp3) is 1.00. The SMILES string of the molecule is CC(C)(O)C(O)CO. The molecule has 50 valence electrons. The van der Waals surface area contributed by atoms with Crippen LogP contribution in [0.1, 0.15) is 13.8 Å². The molecule has 0 aromatic carbocycles. The van der Waals surface area contributed by atoms with Gasteiger partial charge in [0.05, 0.1) is 12.2 Å². The molecule has 0 aromatic heterocycles. The van der Waals surface area contributed by atoms with Gasteiger partial charge in [-0.2, -0.15) is 0 Å². The molecule has 0 saturated carbocycles. The van der Waals surface area contributed by atoms with E-state index in [0.717, 1.165) is 0 Å². The van der Waals surface area contributed by atoms with Crippen molar-refractivity contribution in [3.63, 3.8) is 0 Å². The van der Waals surface area contributed by atoms with Gasteiger partial charge in [0.25, 0.3) is 0 Å². The van der Waals surface area contributed by atoms with E-state index in [1.54, 1.807) is 0 Å². The minimum Gasteiger partial charge on any atom is -0.394 e. The van der Waals surface area contributed by atoms with E-state index in [2.05, 4.69) is 0 Å². The molecule has 8 heavy (non-hydrogen) atoms. The standard InChI is InChI=1S/C5H12O3/c1-5(2,8)4(7)3-6/h4,6-8H,3H2,1-2H3. The summed E-state index contributed by atoms with van der Waals surface area (Å²) in [5, 5.41) is 25.8. The van der Waals surface area contributed by atoms with Crippen LogP contribution in [0.15, 0.2) is 0 Å². The van der Waals surface area contributed by atoms with Gasteiger partial charge in [-0.15, -0.1) is 0 Å². The molecule has 0 rings (SSSR count). The Balaban J connectivity index is 3.62. The number of hydrogen-bond acceptors (Lipinski definition) is 3. The smallest absolute Gasteiger partial charge is 0.105 e. The monoisotopic (exact) mass is 120 g/mol. The van der Waals surface area contributed by atoms with Gasteiger partial charge in [-0.3, -0.25) is 0 Å². The van der Waals surface area contributed by atoms with Gasteiger partial charge in [0.1, 0.15) is 6.10 Å². The van der Waals surface area contributed by atoms with Crippen molar-refractivity contribution in [2.24, 2.45) is 0 Å². The summed E-state index contributed by atoms with van der Waals surface area (Å²) in [5.74, 6) is 0. The van der Waals surface area contributed by atoms with Gasteiger partial charge in [-0.25, -0.2) is 0 Å². The molecule has 0 radical (unpaired) electrons. The molecule has 0 saturated heterocycles. The van der Waals surface area contributed by atoms with Crippen LogP contribution < -0.4 is 0 Å². The molecule has 0 aromatic rings. The van der Waals surface area contributed by atoms with Crippen LogP contribution >= 0.6 is 0 Å². The van der Waals surface area contributed by atoms with Gasteiger partial charge in [0, 0.05) is 0 Å². The molecule has 0 heterocycles. The highest BCUT2D eigenvalue weighted by Gasteiger charge is 2.22. The highest BCUT2D eigenvalue weighted by atomic mass is 16.4. The summed E-state index contributed by atoms with van der Waals surface area (Å²) in [7, 11) is 0. The van der Waals surface area contributed by atoms with Crippen molar-refractivity contribution in [3.05, 3.63) is 0 Å². The van der Waals surface area contributed by atoms with Crippen molar-refractivity contribution in [1.82, 2.24) is 0 Å². The van der Waals surface area contributed by atoms with Crippen LogP contribution in [-0.2, 0) is 0 Å². The first-order valence-corrected chi connectivity index (χ1v) is 2.49. The lowest BCUT2D eigenvalue weighted by molar-refractivity contribution is -0.0707. The number of aliphatic hydroxyl groups is 3. The van der Waals surface area contributed by atoms with Crippen LogP contribution in [0, 0.1) is 0 Å². The average molecular weight is 120 g/mol. The lowest BCUT2D eigenvalue weighted by atomic mass is 10.0. The van der Waals surface area contributed by atoms with Gasteiger partial charge < -0.3 is 15.3 Å². The molecule has 0 fully saturated rings. The van der Waals surface area contributed by atoms with Crippen LogP contribution in [0.2, 0.25) is 0 Å². The Bertz CT molecular complexity index is 64.6. The van der Waals surface area contributed by atoms with Crippen LogP contribution in [0.5, 0.6) is 0 Å². The molecule has 3 heteroatoms. The van der Waals surface area contributed by atoms with Gasteiger partial charge in [0.15, 0.2) is 0 Å². The van der Waals surface area contributed by atoms with Crippen molar-refractivity contribution in [2.45, 2.75) is 25.6 Å². The van der Waals surface area contributed by atoms with E-state index >= 15 is 0 Å². The number of hydrogen-bond donors (Lipinski definition) is 3. The van der Waals surface area contributed by atoms with Gasteiger partial charge in [0.2, 0.25) is 0 Å².